The minimum absolute atomic E-state index is 0.206. The van der Waals surface area contributed by atoms with E-state index in [-0.39, 0.29) is 10.9 Å². The summed E-state index contributed by atoms with van der Waals surface area (Å²) in [7, 11) is -3.55. The zero-order chi connectivity index (χ0) is 24.5. The number of aliphatic imine (C=N–C) groups is 1. The van der Waals surface area contributed by atoms with E-state index in [0.717, 1.165) is 11.1 Å². The van der Waals surface area contributed by atoms with Gasteiger partial charge in [-0.25, -0.2) is 18.0 Å². The van der Waals surface area contributed by atoms with Crippen LogP contribution in [0, 0.1) is 0 Å². The fourth-order valence-corrected chi connectivity index (χ4v) is 5.86. The molecule has 3 aliphatic heterocycles. The molecule has 0 saturated carbocycles. The molecule has 0 unspecified atom stereocenters. The molecule has 1 aromatic carbocycles. The van der Waals surface area contributed by atoms with E-state index in [0.29, 0.717) is 44.6 Å². The molecule has 3 aliphatic rings. The van der Waals surface area contributed by atoms with E-state index < -0.39 is 26.8 Å². The van der Waals surface area contributed by atoms with Gasteiger partial charge in [0.1, 0.15) is 5.60 Å². The number of hydrogen-bond donors (Lipinski definition) is 1. The van der Waals surface area contributed by atoms with Crippen LogP contribution in [0.15, 0.2) is 57.7 Å². The number of hydrogen-bond acceptors (Lipinski definition) is 6. The number of nitrogens with zero attached hydrogens (tertiary/aromatic N) is 3. The standard InChI is InChI=1S/C24H30N4O5S/c1-24(2,3)33-23(30)27-12-9-21(10-13-27)34(31,32)20-6-4-19(5-7-20)26-22(29)28-15-17-8-11-25-14-18(17)16-28/h4-7,11,14-15,21H,8-10,12-13,16H2,1-3H3,(H,26,29). The Balaban J connectivity index is 1.34. The van der Waals surface area contributed by atoms with Crippen molar-refractivity contribution in [2.45, 2.75) is 55.8 Å². The van der Waals surface area contributed by atoms with Crippen molar-refractivity contribution < 1.29 is 22.7 Å². The first-order valence-electron chi connectivity index (χ1n) is 11.3. The van der Waals surface area contributed by atoms with Crippen LogP contribution < -0.4 is 5.32 Å². The molecule has 1 aromatic rings. The number of benzene rings is 1. The van der Waals surface area contributed by atoms with Gasteiger partial charge in [0.25, 0.3) is 0 Å². The number of amides is 3. The van der Waals surface area contributed by atoms with E-state index in [1.165, 1.54) is 12.1 Å². The molecule has 3 heterocycles. The van der Waals surface area contributed by atoms with E-state index in [2.05, 4.69) is 10.3 Å². The van der Waals surface area contributed by atoms with Crippen molar-refractivity contribution in [2.24, 2.45) is 4.99 Å². The molecule has 1 fully saturated rings. The van der Waals surface area contributed by atoms with Crippen molar-refractivity contribution in [3.05, 3.63) is 47.8 Å². The van der Waals surface area contributed by atoms with Crippen LogP contribution in [0.5, 0.6) is 0 Å². The monoisotopic (exact) mass is 486 g/mol. The number of carbonyl (C=O) groups is 2. The van der Waals surface area contributed by atoms with Crippen LogP contribution in [0.3, 0.4) is 0 Å². The Bertz CT molecular complexity index is 1150. The van der Waals surface area contributed by atoms with Gasteiger partial charge in [0, 0.05) is 43.8 Å². The molecule has 9 nitrogen and oxygen atoms in total. The van der Waals surface area contributed by atoms with Crippen LogP contribution in [0.1, 0.15) is 40.0 Å². The number of nitrogens with one attached hydrogen (secondary N) is 1. The predicted octanol–water partition coefficient (Wildman–Crippen LogP) is 3.95. The lowest BCUT2D eigenvalue weighted by molar-refractivity contribution is 0.0217. The molecule has 0 aliphatic carbocycles. The van der Waals surface area contributed by atoms with Gasteiger partial charge in [0.15, 0.2) is 9.84 Å². The van der Waals surface area contributed by atoms with Gasteiger partial charge in [-0.15, -0.1) is 0 Å². The van der Waals surface area contributed by atoms with Gasteiger partial charge >= 0.3 is 12.1 Å². The Morgan fingerprint density at radius 3 is 2.38 bits per heavy atom. The van der Waals surface area contributed by atoms with Crippen LogP contribution >= 0.6 is 0 Å². The van der Waals surface area contributed by atoms with Crippen LogP contribution in [0.2, 0.25) is 0 Å². The summed E-state index contributed by atoms with van der Waals surface area (Å²) in [5.74, 6) is 0. The number of rotatable bonds is 3. The Morgan fingerprint density at radius 1 is 1.09 bits per heavy atom. The number of fused-ring (bicyclic) bond motifs is 1. The fraction of sp³-hybridized carbons (Fsp3) is 0.458. The van der Waals surface area contributed by atoms with E-state index in [1.807, 2.05) is 6.20 Å². The van der Waals surface area contributed by atoms with Gasteiger partial charge in [-0.1, -0.05) is 0 Å². The maximum atomic E-state index is 13.1. The summed E-state index contributed by atoms with van der Waals surface area (Å²) in [6.07, 6.45) is 6.37. The summed E-state index contributed by atoms with van der Waals surface area (Å²) in [6, 6.07) is 5.94. The molecular formula is C24H30N4O5S. The summed E-state index contributed by atoms with van der Waals surface area (Å²) < 4.78 is 31.6. The average molecular weight is 487 g/mol. The lowest BCUT2D eigenvalue weighted by Crippen LogP contribution is -2.44. The highest BCUT2D eigenvalue weighted by molar-refractivity contribution is 7.92. The molecule has 0 bridgehead atoms. The lowest BCUT2D eigenvalue weighted by Gasteiger charge is -2.33. The van der Waals surface area contributed by atoms with E-state index in [9.17, 15) is 18.0 Å². The largest absolute Gasteiger partial charge is 0.444 e. The highest BCUT2D eigenvalue weighted by atomic mass is 32.2. The van der Waals surface area contributed by atoms with E-state index >= 15 is 0 Å². The molecule has 3 amide bonds. The first-order chi connectivity index (χ1) is 16.0. The molecule has 0 spiro atoms. The van der Waals surface area contributed by atoms with Gasteiger partial charge in [0.2, 0.25) is 0 Å². The van der Waals surface area contributed by atoms with Gasteiger partial charge in [0.05, 0.1) is 16.7 Å². The minimum Gasteiger partial charge on any atom is -0.444 e. The number of carbonyl (C=O) groups excluding carboxylic acids is 2. The molecule has 0 atom stereocenters. The van der Waals surface area contributed by atoms with Crippen molar-refractivity contribution in [1.82, 2.24) is 9.80 Å². The number of ether oxygens (including phenoxy) is 1. The Kier molecular flexibility index (Phi) is 6.53. The van der Waals surface area contributed by atoms with Crippen LogP contribution in [-0.2, 0) is 14.6 Å². The smallest absolute Gasteiger partial charge is 0.410 e. The predicted molar refractivity (Wildman–Crippen MR) is 129 cm³/mol. The maximum Gasteiger partial charge on any atom is 0.410 e. The van der Waals surface area contributed by atoms with Crippen molar-refractivity contribution >= 4 is 33.9 Å². The molecule has 34 heavy (non-hydrogen) atoms. The third-order valence-electron chi connectivity index (χ3n) is 5.94. The molecular weight excluding hydrogens is 456 g/mol. The highest BCUT2D eigenvalue weighted by Gasteiger charge is 2.34. The highest BCUT2D eigenvalue weighted by Crippen LogP contribution is 2.28. The second-order valence-electron chi connectivity index (χ2n) is 9.64. The third-order valence-corrected chi connectivity index (χ3v) is 8.22. The molecule has 10 heteroatoms. The van der Waals surface area contributed by atoms with E-state index in [4.69, 9.17) is 4.74 Å². The molecule has 4 rings (SSSR count). The summed E-state index contributed by atoms with van der Waals surface area (Å²) >= 11 is 0. The molecule has 1 saturated heterocycles. The van der Waals surface area contributed by atoms with Crippen LogP contribution in [0.4, 0.5) is 15.3 Å². The average Bonchev–Trinajstić information content (AvgIpc) is 3.23. The summed E-state index contributed by atoms with van der Waals surface area (Å²) in [5.41, 5.74) is 2.02. The van der Waals surface area contributed by atoms with Crippen molar-refractivity contribution in [3.63, 3.8) is 0 Å². The van der Waals surface area contributed by atoms with Gasteiger partial charge in [-0.3, -0.25) is 9.89 Å². The van der Waals surface area contributed by atoms with Gasteiger partial charge in [-0.2, -0.15) is 0 Å². The maximum absolute atomic E-state index is 13.1. The second-order valence-corrected chi connectivity index (χ2v) is 11.9. The number of piperidine rings is 1. The quantitative estimate of drug-likeness (QED) is 0.696. The minimum atomic E-state index is -3.55. The van der Waals surface area contributed by atoms with Gasteiger partial charge in [-0.05, 0) is 69.0 Å². The normalized spacial score (nSPS) is 18.8. The molecule has 1 N–H and O–H groups in total. The lowest BCUT2D eigenvalue weighted by atomic mass is 10.1. The first kappa shape index (κ1) is 24.0. The van der Waals surface area contributed by atoms with Crippen LogP contribution in [-0.4, -0.2) is 67.0 Å². The SMILES string of the molecule is CC(C)(C)OC(=O)N1CCC(S(=O)(=O)c2ccc(NC(=O)N3C=C4CC=NC=C4C3)cc2)CC1. The number of likely N-dealkylation sites (tertiary alicyclic amines) is 1. The number of anilines is 1. The number of sulfone groups is 1. The van der Waals surface area contributed by atoms with Crippen molar-refractivity contribution in [1.29, 1.82) is 0 Å². The fourth-order valence-electron chi connectivity index (χ4n) is 4.12. The molecule has 0 aromatic heterocycles. The van der Waals surface area contributed by atoms with Crippen molar-refractivity contribution in [2.75, 3.05) is 25.0 Å². The molecule has 182 valence electrons. The first-order valence-corrected chi connectivity index (χ1v) is 12.9. The third kappa shape index (κ3) is 5.32. The Morgan fingerprint density at radius 2 is 1.76 bits per heavy atom. The summed E-state index contributed by atoms with van der Waals surface area (Å²) in [5, 5.41) is 2.24. The zero-order valence-electron chi connectivity index (χ0n) is 19.7. The summed E-state index contributed by atoms with van der Waals surface area (Å²) in [6.45, 7) is 6.53. The Hall–Kier alpha value is -3.14. The Labute approximate surface area is 200 Å². The van der Waals surface area contributed by atoms with Gasteiger partial charge < -0.3 is 15.0 Å². The van der Waals surface area contributed by atoms with Crippen molar-refractivity contribution in [3.8, 4) is 0 Å². The molecule has 0 radical (unpaired) electrons. The second kappa shape index (κ2) is 9.25. The topological polar surface area (TPSA) is 108 Å². The van der Waals surface area contributed by atoms with Crippen LogP contribution in [0.25, 0.3) is 0 Å². The summed E-state index contributed by atoms with van der Waals surface area (Å²) in [4.78, 5) is 32.3. The number of urea groups is 1. The zero-order valence-corrected chi connectivity index (χ0v) is 20.5. The van der Waals surface area contributed by atoms with E-state index in [1.54, 1.807) is 55.1 Å².